The number of sulfonamides is 1. The van der Waals surface area contributed by atoms with Gasteiger partial charge in [-0.25, -0.2) is 8.42 Å². The van der Waals surface area contributed by atoms with Gasteiger partial charge in [-0.15, -0.1) is 11.3 Å². The zero-order valence-corrected chi connectivity index (χ0v) is 18.0. The monoisotopic (exact) mass is 484 g/mol. The van der Waals surface area contributed by atoms with Crippen molar-refractivity contribution in [2.45, 2.75) is 11.1 Å². The van der Waals surface area contributed by atoms with Gasteiger partial charge in [0.1, 0.15) is 4.21 Å². The van der Waals surface area contributed by atoms with Crippen molar-refractivity contribution in [2.24, 2.45) is 0 Å². The number of carbonyl (C=O) groups excluding carboxylic acids is 1. The van der Waals surface area contributed by atoms with Gasteiger partial charge in [0, 0.05) is 22.0 Å². The van der Waals surface area contributed by atoms with E-state index in [1.54, 1.807) is 48.5 Å². The molecular formula is C18H14BrClN2O3S2. The second-order valence-electron chi connectivity index (χ2n) is 5.61. The summed E-state index contributed by atoms with van der Waals surface area (Å²) in [6.07, 6.45) is 0. The van der Waals surface area contributed by atoms with Crippen LogP contribution in [0.2, 0.25) is 5.02 Å². The maximum Gasteiger partial charge on any atom is 0.271 e. The Morgan fingerprint density at radius 2 is 1.78 bits per heavy atom. The molecule has 1 heterocycles. The summed E-state index contributed by atoms with van der Waals surface area (Å²) in [7, 11) is -3.66. The van der Waals surface area contributed by atoms with Crippen LogP contribution in [0.5, 0.6) is 0 Å². The van der Waals surface area contributed by atoms with E-state index in [0.29, 0.717) is 22.0 Å². The first-order valence-corrected chi connectivity index (χ1v) is 11.2. The molecule has 1 amide bonds. The summed E-state index contributed by atoms with van der Waals surface area (Å²) in [6, 6.07) is 14.7. The fourth-order valence-corrected chi connectivity index (χ4v) is 5.52. The Bertz CT molecular complexity index is 1100. The summed E-state index contributed by atoms with van der Waals surface area (Å²) in [5, 5.41) is 3.37. The van der Waals surface area contributed by atoms with Crippen LogP contribution >= 0.6 is 38.9 Å². The molecule has 9 heteroatoms. The van der Waals surface area contributed by atoms with E-state index in [1.165, 1.54) is 6.07 Å². The number of carbonyl (C=O) groups is 1. The first-order chi connectivity index (χ1) is 12.8. The first-order valence-electron chi connectivity index (χ1n) is 7.71. The molecule has 0 saturated carbocycles. The van der Waals surface area contributed by atoms with Crippen LogP contribution in [0.15, 0.2) is 62.6 Å². The highest BCUT2D eigenvalue weighted by molar-refractivity contribution is 9.11. The molecule has 3 rings (SSSR count). The number of hydrogen-bond donors (Lipinski definition) is 2. The molecule has 0 bridgehead atoms. The Kier molecular flexibility index (Phi) is 5.90. The van der Waals surface area contributed by atoms with Gasteiger partial charge in [-0.2, -0.15) is 0 Å². The predicted octanol–water partition coefficient (Wildman–Crippen LogP) is 5.53. The van der Waals surface area contributed by atoms with Crippen LogP contribution in [0.4, 0.5) is 11.4 Å². The Morgan fingerprint density at radius 1 is 1.07 bits per heavy atom. The third kappa shape index (κ3) is 4.70. The van der Waals surface area contributed by atoms with Crippen LogP contribution in [-0.2, 0) is 10.0 Å². The van der Waals surface area contributed by atoms with E-state index in [1.807, 2.05) is 6.92 Å². The highest BCUT2D eigenvalue weighted by atomic mass is 79.9. The molecule has 0 aliphatic heterocycles. The average molecular weight is 486 g/mol. The number of nitrogens with one attached hydrogen (secondary N) is 2. The number of rotatable bonds is 5. The Hall–Kier alpha value is -1.87. The van der Waals surface area contributed by atoms with Crippen molar-refractivity contribution in [1.29, 1.82) is 0 Å². The molecule has 0 saturated heterocycles. The van der Waals surface area contributed by atoms with Crippen LogP contribution in [0.25, 0.3) is 0 Å². The van der Waals surface area contributed by atoms with Crippen molar-refractivity contribution >= 4 is 66.2 Å². The van der Waals surface area contributed by atoms with Gasteiger partial charge in [-0.3, -0.25) is 9.52 Å². The molecule has 0 radical (unpaired) electrons. The van der Waals surface area contributed by atoms with E-state index in [-0.39, 0.29) is 10.1 Å². The third-order valence-corrected chi connectivity index (χ3v) is 7.63. The van der Waals surface area contributed by atoms with Crippen molar-refractivity contribution in [3.63, 3.8) is 0 Å². The molecule has 0 fully saturated rings. The lowest BCUT2D eigenvalue weighted by Gasteiger charge is -2.10. The highest BCUT2D eigenvalue weighted by Gasteiger charge is 2.17. The smallest absolute Gasteiger partial charge is 0.271 e. The van der Waals surface area contributed by atoms with E-state index in [4.69, 9.17) is 11.6 Å². The summed E-state index contributed by atoms with van der Waals surface area (Å²) in [5.41, 5.74) is 2.17. The number of thiophene rings is 1. The van der Waals surface area contributed by atoms with E-state index in [2.05, 4.69) is 26.0 Å². The topological polar surface area (TPSA) is 75.3 Å². The summed E-state index contributed by atoms with van der Waals surface area (Å²) < 4.78 is 28.1. The van der Waals surface area contributed by atoms with Crippen LogP contribution in [0.3, 0.4) is 0 Å². The van der Waals surface area contributed by atoms with Crippen molar-refractivity contribution < 1.29 is 13.2 Å². The highest BCUT2D eigenvalue weighted by Crippen LogP contribution is 2.28. The number of hydrogen-bond acceptors (Lipinski definition) is 4. The third-order valence-electron chi connectivity index (χ3n) is 3.73. The molecule has 0 aliphatic carbocycles. The predicted molar refractivity (Wildman–Crippen MR) is 113 cm³/mol. The van der Waals surface area contributed by atoms with E-state index < -0.39 is 10.0 Å². The SMILES string of the molecule is Cc1c(Cl)cccc1NC(=O)c1ccc(NS(=O)(=O)c2ccc(Br)s2)cc1. The van der Waals surface area contributed by atoms with Crippen LogP contribution < -0.4 is 10.0 Å². The Balaban J connectivity index is 1.73. The van der Waals surface area contributed by atoms with Gasteiger partial charge in [0.05, 0.1) is 3.79 Å². The first kappa shape index (κ1) is 19.9. The lowest BCUT2D eigenvalue weighted by molar-refractivity contribution is 0.102. The molecule has 0 atom stereocenters. The minimum absolute atomic E-state index is 0.202. The Morgan fingerprint density at radius 3 is 2.41 bits per heavy atom. The standard InChI is InChI=1S/C18H14BrClN2O3S2/c1-11-14(20)3-2-4-15(11)21-18(23)12-5-7-13(8-6-12)22-27(24,25)17-10-9-16(19)26-17/h2-10,22H,1H3,(H,21,23). The number of anilines is 2. The molecule has 3 aromatic rings. The average Bonchev–Trinajstić information content (AvgIpc) is 3.07. The molecule has 1 aromatic heterocycles. The van der Waals surface area contributed by atoms with Gasteiger partial charge in [-0.05, 0) is 76.9 Å². The Labute approximate surface area is 174 Å². The second kappa shape index (κ2) is 8.02. The zero-order valence-electron chi connectivity index (χ0n) is 14.0. The maximum atomic E-state index is 12.4. The fourth-order valence-electron chi connectivity index (χ4n) is 2.27. The van der Waals surface area contributed by atoms with Crippen LogP contribution in [0, 0.1) is 6.92 Å². The molecule has 0 aliphatic rings. The summed E-state index contributed by atoms with van der Waals surface area (Å²) in [5.74, 6) is -0.308. The van der Waals surface area contributed by atoms with E-state index in [0.717, 1.165) is 20.7 Å². The fraction of sp³-hybridized carbons (Fsp3) is 0.0556. The minimum atomic E-state index is -3.66. The lowest BCUT2D eigenvalue weighted by Crippen LogP contribution is -2.14. The van der Waals surface area contributed by atoms with Crippen LogP contribution in [0.1, 0.15) is 15.9 Å². The molecule has 0 spiro atoms. The molecule has 27 heavy (non-hydrogen) atoms. The largest absolute Gasteiger partial charge is 0.322 e. The molecule has 140 valence electrons. The van der Waals surface area contributed by atoms with Gasteiger partial charge < -0.3 is 5.32 Å². The molecule has 5 nitrogen and oxygen atoms in total. The summed E-state index contributed by atoms with van der Waals surface area (Å²) >= 11 is 10.4. The van der Waals surface area contributed by atoms with Crippen molar-refractivity contribution in [2.75, 3.05) is 10.0 Å². The molecule has 0 unspecified atom stereocenters. The minimum Gasteiger partial charge on any atom is -0.322 e. The van der Waals surface area contributed by atoms with Gasteiger partial charge in [0.25, 0.3) is 15.9 Å². The second-order valence-corrected chi connectivity index (χ2v) is 10.4. The number of benzene rings is 2. The number of amides is 1. The van der Waals surface area contributed by atoms with Gasteiger partial charge in [0.15, 0.2) is 0 Å². The maximum absolute atomic E-state index is 12.4. The quantitative estimate of drug-likeness (QED) is 0.499. The lowest BCUT2D eigenvalue weighted by atomic mass is 10.1. The van der Waals surface area contributed by atoms with Crippen molar-refractivity contribution in [3.8, 4) is 0 Å². The van der Waals surface area contributed by atoms with Crippen molar-refractivity contribution in [1.82, 2.24) is 0 Å². The molecular weight excluding hydrogens is 472 g/mol. The van der Waals surface area contributed by atoms with Gasteiger partial charge >= 0.3 is 0 Å². The van der Waals surface area contributed by atoms with E-state index >= 15 is 0 Å². The van der Waals surface area contributed by atoms with Gasteiger partial charge in [-0.1, -0.05) is 17.7 Å². The van der Waals surface area contributed by atoms with Crippen LogP contribution in [-0.4, -0.2) is 14.3 Å². The molecule has 2 N–H and O–H groups in total. The summed E-state index contributed by atoms with van der Waals surface area (Å²) in [4.78, 5) is 12.4. The zero-order chi connectivity index (χ0) is 19.6. The van der Waals surface area contributed by atoms with E-state index in [9.17, 15) is 13.2 Å². The summed E-state index contributed by atoms with van der Waals surface area (Å²) in [6.45, 7) is 1.82. The van der Waals surface area contributed by atoms with Crippen molar-refractivity contribution in [3.05, 3.63) is 74.5 Å². The number of halogens is 2. The van der Waals surface area contributed by atoms with Gasteiger partial charge in [0.2, 0.25) is 0 Å². The molecule has 2 aromatic carbocycles. The normalized spacial score (nSPS) is 11.2.